The highest BCUT2D eigenvalue weighted by atomic mass is 79.9. The zero-order valence-corrected chi connectivity index (χ0v) is 14.4. The molecule has 2 aromatic rings. The third kappa shape index (κ3) is 4.32. The van der Waals surface area contributed by atoms with E-state index < -0.39 is 0 Å². The van der Waals surface area contributed by atoms with E-state index >= 15 is 0 Å². The molecule has 0 radical (unpaired) electrons. The third-order valence-electron chi connectivity index (χ3n) is 3.73. The number of nitrogens with one attached hydrogen (secondary N) is 1. The Hall–Kier alpha value is -1.32. The summed E-state index contributed by atoms with van der Waals surface area (Å²) in [4.78, 5) is 0. The molecule has 1 unspecified atom stereocenters. The standard InChI is InChI=1S/C18H22BrNO/c1-4-18(15-6-5-7-16(19)12-15)20-13(2)14-8-10-17(21-3)11-9-14/h5-13,18,20H,4H2,1-3H3/t13-,18?/m1/s1. The van der Waals surface area contributed by atoms with E-state index in [0.29, 0.717) is 12.1 Å². The maximum atomic E-state index is 5.21. The lowest BCUT2D eigenvalue weighted by Crippen LogP contribution is -2.24. The summed E-state index contributed by atoms with van der Waals surface area (Å²) in [5, 5.41) is 3.70. The minimum Gasteiger partial charge on any atom is -0.497 e. The molecule has 2 nitrogen and oxygen atoms in total. The zero-order valence-electron chi connectivity index (χ0n) is 12.8. The van der Waals surface area contributed by atoms with E-state index in [2.05, 4.69) is 71.5 Å². The number of benzene rings is 2. The molecule has 2 atom stereocenters. The summed E-state index contributed by atoms with van der Waals surface area (Å²) in [6, 6.07) is 17.4. The van der Waals surface area contributed by atoms with E-state index in [1.807, 2.05) is 12.1 Å². The van der Waals surface area contributed by atoms with Crippen molar-refractivity contribution in [2.45, 2.75) is 32.4 Å². The van der Waals surface area contributed by atoms with Gasteiger partial charge in [-0.05, 0) is 48.7 Å². The second-order valence-electron chi connectivity index (χ2n) is 5.18. The van der Waals surface area contributed by atoms with Crippen LogP contribution in [-0.4, -0.2) is 7.11 Å². The average molecular weight is 348 g/mol. The van der Waals surface area contributed by atoms with Crippen LogP contribution < -0.4 is 10.1 Å². The first-order valence-electron chi connectivity index (χ1n) is 7.29. The van der Waals surface area contributed by atoms with Crippen molar-refractivity contribution in [3.8, 4) is 5.75 Å². The molecule has 2 aromatic carbocycles. The molecule has 0 saturated heterocycles. The summed E-state index contributed by atoms with van der Waals surface area (Å²) in [5.41, 5.74) is 2.58. The first-order valence-corrected chi connectivity index (χ1v) is 8.08. The van der Waals surface area contributed by atoms with Crippen molar-refractivity contribution in [2.75, 3.05) is 7.11 Å². The van der Waals surface area contributed by atoms with Crippen molar-refractivity contribution in [3.05, 3.63) is 64.1 Å². The molecule has 112 valence electrons. The van der Waals surface area contributed by atoms with Gasteiger partial charge in [-0.25, -0.2) is 0 Å². The van der Waals surface area contributed by atoms with Gasteiger partial charge < -0.3 is 10.1 Å². The van der Waals surface area contributed by atoms with Gasteiger partial charge in [-0.3, -0.25) is 0 Å². The Morgan fingerprint density at radius 2 is 1.81 bits per heavy atom. The molecule has 0 aliphatic rings. The zero-order chi connectivity index (χ0) is 15.2. The van der Waals surface area contributed by atoms with E-state index in [1.165, 1.54) is 11.1 Å². The maximum Gasteiger partial charge on any atom is 0.118 e. The van der Waals surface area contributed by atoms with Crippen LogP contribution >= 0.6 is 15.9 Å². The lowest BCUT2D eigenvalue weighted by Gasteiger charge is -2.23. The summed E-state index contributed by atoms with van der Waals surface area (Å²) in [6.07, 6.45) is 1.05. The Kier molecular flexibility index (Phi) is 5.83. The fourth-order valence-electron chi connectivity index (χ4n) is 2.46. The first-order chi connectivity index (χ1) is 10.1. The lowest BCUT2D eigenvalue weighted by atomic mass is 10.0. The van der Waals surface area contributed by atoms with Crippen LogP contribution in [0.3, 0.4) is 0 Å². The predicted molar refractivity (Wildman–Crippen MR) is 91.7 cm³/mol. The van der Waals surface area contributed by atoms with Gasteiger partial charge in [0.1, 0.15) is 5.75 Å². The van der Waals surface area contributed by atoms with E-state index in [1.54, 1.807) is 7.11 Å². The van der Waals surface area contributed by atoms with Gasteiger partial charge in [0, 0.05) is 16.6 Å². The second-order valence-corrected chi connectivity index (χ2v) is 6.09. The van der Waals surface area contributed by atoms with Crippen molar-refractivity contribution < 1.29 is 4.74 Å². The molecule has 0 aromatic heterocycles. The minimum absolute atomic E-state index is 0.292. The van der Waals surface area contributed by atoms with Gasteiger partial charge in [0.25, 0.3) is 0 Å². The van der Waals surface area contributed by atoms with Gasteiger partial charge in [0.15, 0.2) is 0 Å². The van der Waals surface area contributed by atoms with Crippen LogP contribution in [0.25, 0.3) is 0 Å². The molecule has 0 saturated carbocycles. The molecule has 0 bridgehead atoms. The summed E-state index contributed by atoms with van der Waals surface area (Å²) in [7, 11) is 1.69. The number of hydrogen-bond acceptors (Lipinski definition) is 2. The van der Waals surface area contributed by atoms with Crippen molar-refractivity contribution in [3.63, 3.8) is 0 Å². The highest BCUT2D eigenvalue weighted by molar-refractivity contribution is 9.10. The summed E-state index contributed by atoms with van der Waals surface area (Å²) in [6.45, 7) is 4.40. The van der Waals surface area contributed by atoms with Crippen molar-refractivity contribution in [1.82, 2.24) is 5.32 Å². The SMILES string of the molecule is CCC(N[C@H](C)c1ccc(OC)cc1)c1cccc(Br)c1. The largest absolute Gasteiger partial charge is 0.497 e. The van der Waals surface area contributed by atoms with Crippen molar-refractivity contribution in [2.24, 2.45) is 0 Å². The fraction of sp³-hybridized carbons (Fsp3) is 0.333. The van der Waals surface area contributed by atoms with Gasteiger partial charge in [-0.15, -0.1) is 0 Å². The lowest BCUT2D eigenvalue weighted by molar-refractivity contribution is 0.413. The maximum absolute atomic E-state index is 5.21. The molecule has 0 fully saturated rings. The van der Waals surface area contributed by atoms with Gasteiger partial charge in [-0.2, -0.15) is 0 Å². The van der Waals surface area contributed by atoms with Gasteiger partial charge >= 0.3 is 0 Å². The molecule has 0 aliphatic carbocycles. The normalized spacial score (nSPS) is 13.7. The topological polar surface area (TPSA) is 21.3 Å². The van der Waals surface area contributed by atoms with E-state index in [0.717, 1.165) is 16.6 Å². The van der Waals surface area contributed by atoms with Crippen LogP contribution in [0.4, 0.5) is 0 Å². The van der Waals surface area contributed by atoms with E-state index in [4.69, 9.17) is 4.74 Å². The second kappa shape index (κ2) is 7.62. The predicted octanol–water partition coefficient (Wildman–Crippen LogP) is 5.26. The van der Waals surface area contributed by atoms with Crippen LogP contribution in [-0.2, 0) is 0 Å². The molecular weight excluding hydrogens is 326 g/mol. The van der Waals surface area contributed by atoms with Crippen LogP contribution in [0.5, 0.6) is 5.75 Å². The monoisotopic (exact) mass is 347 g/mol. The van der Waals surface area contributed by atoms with E-state index in [-0.39, 0.29) is 0 Å². The molecule has 0 spiro atoms. The van der Waals surface area contributed by atoms with Crippen molar-refractivity contribution >= 4 is 15.9 Å². The molecular formula is C18H22BrNO. The summed E-state index contributed by atoms with van der Waals surface area (Å²) in [5.74, 6) is 0.894. The van der Waals surface area contributed by atoms with Crippen LogP contribution in [0.1, 0.15) is 43.5 Å². The van der Waals surface area contributed by atoms with Crippen LogP contribution in [0, 0.1) is 0 Å². The molecule has 2 rings (SSSR count). The quantitative estimate of drug-likeness (QED) is 0.769. The number of hydrogen-bond donors (Lipinski definition) is 1. The number of methoxy groups -OCH3 is 1. The third-order valence-corrected chi connectivity index (χ3v) is 4.22. The Morgan fingerprint density at radius 1 is 1.10 bits per heavy atom. The average Bonchev–Trinajstić information content (AvgIpc) is 2.52. The summed E-state index contributed by atoms with van der Waals surface area (Å²) < 4.78 is 6.33. The highest BCUT2D eigenvalue weighted by Gasteiger charge is 2.14. The Morgan fingerprint density at radius 3 is 2.38 bits per heavy atom. The molecule has 1 N–H and O–H groups in total. The molecule has 3 heteroatoms. The Bertz CT molecular complexity index is 568. The summed E-state index contributed by atoms with van der Waals surface area (Å²) >= 11 is 3.54. The van der Waals surface area contributed by atoms with Gasteiger partial charge in [-0.1, -0.05) is 47.1 Å². The number of halogens is 1. The van der Waals surface area contributed by atoms with E-state index in [9.17, 15) is 0 Å². The number of ether oxygens (including phenoxy) is 1. The highest BCUT2D eigenvalue weighted by Crippen LogP contribution is 2.25. The number of rotatable bonds is 6. The van der Waals surface area contributed by atoms with Crippen LogP contribution in [0.2, 0.25) is 0 Å². The van der Waals surface area contributed by atoms with Crippen molar-refractivity contribution in [1.29, 1.82) is 0 Å². The van der Waals surface area contributed by atoms with Gasteiger partial charge in [0.05, 0.1) is 7.11 Å². The van der Waals surface area contributed by atoms with Gasteiger partial charge in [0.2, 0.25) is 0 Å². The Balaban J connectivity index is 2.10. The fourth-order valence-corrected chi connectivity index (χ4v) is 2.88. The smallest absolute Gasteiger partial charge is 0.118 e. The first kappa shape index (κ1) is 16.1. The molecule has 0 heterocycles. The molecule has 0 aliphatic heterocycles. The Labute approximate surface area is 135 Å². The van der Waals surface area contributed by atoms with Crippen LogP contribution in [0.15, 0.2) is 53.0 Å². The molecule has 0 amide bonds. The minimum atomic E-state index is 0.292. The molecule has 21 heavy (non-hydrogen) atoms.